The van der Waals surface area contributed by atoms with E-state index in [0.29, 0.717) is 6.54 Å². The predicted molar refractivity (Wildman–Crippen MR) is 83.5 cm³/mol. The van der Waals surface area contributed by atoms with Gasteiger partial charge in [0, 0.05) is 23.4 Å². The molecule has 19 heavy (non-hydrogen) atoms. The Hall–Kier alpha value is -1.51. The first-order valence-electron chi connectivity index (χ1n) is 6.42. The lowest BCUT2D eigenvalue weighted by molar-refractivity contribution is 0.960. The van der Waals surface area contributed by atoms with Gasteiger partial charge < -0.3 is 10.6 Å². The second-order valence-electron chi connectivity index (χ2n) is 4.62. The van der Waals surface area contributed by atoms with E-state index in [2.05, 4.69) is 37.1 Å². The number of para-hydroxylation sites is 1. The molecule has 0 fully saturated rings. The minimum Gasteiger partial charge on any atom is -0.344 e. The van der Waals surface area contributed by atoms with Crippen molar-refractivity contribution in [2.75, 3.05) is 18.5 Å². The molecule has 0 heterocycles. The van der Waals surface area contributed by atoms with Gasteiger partial charge in [0.15, 0.2) is 0 Å². The summed E-state index contributed by atoms with van der Waals surface area (Å²) in [7, 11) is 2.06. The first-order valence-corrected chi connectivity index (χ1v) is 6.79. The number of halogens is 1. The second-order valence-corrected chi connectivity index (χ2v) is 5.03. The molecule has 0 atom stereocenters. The van der Waals surface area contributed by atoms with Crippen LogP contribution in [0.1, 0.15) is 11.1 Å². The summed E-state index contributed by atoms with van der Waals surface area (Å²) in [6, 6.07) is 14.3. The highest BCUT2D eigenvalue weighted by atomic mass is 35.5. The third kappa shape index (κ3) is 2.91. The number of hydrogen-bond donors (Lipinski definition) is 1. The Bertz CT molecular complexity index is 566. The van der Waals surface area contributed by atoms with E-state index in [1.165, 1.54) is 11.3 Å². The van der Waals surface area contributed by atoms with Gasteiger partial charge in [0.1, 0.15) is 0 Å². The van der Waals surface area contributed by atoms with Crippen LogP contribution in [0.3, 0.4) is 0 Å². The third-order valence-corrected chi connectivity index (χ3v) is 3.68. The van der Waals surface area contributed by atoms with Crippen LogP contribution in [0.15, 0.2) is 42.5 Å². The number of anilines is 2. The minimum absolute atomic E-state index is 0.596. The van der Waals surface area contributed by atoms with Crippen LogP contribution in [0, 0.1) is 6.92 Å². The van der Waals surface area contributed by atoms with E-state index in [9.17, 15) is 0 Å². The quantitative estimate of drug-likeness (QED) is 0.916. The highest BCUT2D eigenvalue weighted by Crippen LogP contribution is 2.33. The molecule has 2 N–H and O–H groups in total. The first-order chi connectivity index (χ1) is 9.15. The predicted octanol–water partition coefficient (Wildman–Crippen LogP) is 3.92. The fourth-order valence-corrected chi connectivity index (χ4v) is 2.59. The van der Waals surface area contributed by atoms with Crippen molar-refractivity contribution in [3.63, 3.8) is 0 Å². The minimum atomic E-state index is 0.596. The van der Waals surface area contributed by atoms with E-state index in [-0.39, 0.29) is 0 Å². The van der Waals surface area contributed by atoms with Crippen molar-refractivity contribution >= 4 is 23.0 Å². The van der Waals surface area contributed by atoms with Crippen LogP contribution in [-0.4, -0.2) is 13.6 Å². The van der Waals surface area contributed by atoms with Gasteiger partial charge in [0.2, 0.25) is 0 Å². The summed E-state index contributed by atoms with van der Waals surface area (Å²) < 4.78 is 0. The molecule has 100 valence electrons. The van der Waals surface area contributed by atoms with Crippen LogP contribution in [0.2, 0.25) is 5.02 Å². The highest BCUT2D eigenvalue weighted by Gasteiger charge is 2.12. The zero-order valence-corrected chi connectivity index (χ0v) is 12.1. The maximum atomic E-state index is 6.30. The molecule has 0 radical (unpaired) electrons. The Morgan fingerprint density at radius 1 is 1.05 bits per heavy atom. The molecule has 0 unspecified atom stereocenters. The molecule has 2 rings (SSSR count). The molecule has 2 aromatic rings. The standard InChI is InChI=1S/C16H19ClN2/c1-12-6-3-4-8-15(12)19(2)16-9-5-7-14(17)13(16)10-11-18/h3-9H,10-11,18H2,1-2H3. The van der Waals surface area contributed by atoms with E-state index < -0.39 is 0 Å². The Morgan fingerprint density at radius 3 is 2.42 bits per heavy atom. The van der Waals surface area contributed by atoms with E-state index in [4.69, 9.17) is 17.3 Å². The highest BCUT2D eigenvalue weighted by molar-refractivity contribution is 6.31. The van der Waals surface area contributed by atoms with Crippen LogP contribution in [0.4, 0.5) is 11.4 Å². The van der Waals surface area contributed by atoms with Crippen molar-refractivity contribution in [3.8, 4) is 0 Å². The van der Waals surface area contributed by atoms with E-state index >= 15 is 0 Å². The topological polar surface area (TPSA) is 29.3 Å². The van der Waals surface area contributed by atoms with Crippen molar-refractivity contribution in [1.29, 1.82) is 0 Å². The first kappa shape index (κ1) is 13.9. The van der Waals surface area contributed by atoms with Crippen molar-refractivity contribution in [3.05, 3.63) is 58.6 Å². The van der Waals surface area contributed by atoms with Crippen LogP contribution in [0.5, 0.6) is 0 Å². The van der Waals surface area contributed by atoms with Gasteiger partial charge in [-0.05, 0) is 49.2 Å². The number of hydrogen-bond acceptors (Lipinski definition) is 2. The van der Waals surface area contributed by atoms with Crippen molar-refractivity contribution in [2.24, 2.45) is 5.73 Å². The van der Waals surface area contributed by atoms with E-state index in [0.717, 1.165) is 22.7 Å². The number of rotatable bonds is 4. The van der Waals surface area contributed by atoms with Gasteiger partial charge >= 0.3 is 0 Å². The van der Waals surface area contributed by atoms with Crippen molar-refractivity contribution in [1.82, 2.24) is 0 Å². The lowest BCUT2D eigenvalue weighted by atomic mass is 10.1. The third-order valence-electron chi connectivity index (χ3n) is 3.33. The molecule has 0 saturated carbocycles. The molecule has 0 aromatic heterocycles. The zero-order valence-electron chi connectivity index (χ0n) is 11.4. The van der Waals surface area contributed by atoms with Gasteiger partial charge in [-0.3, -0.25) is 0 Å². The smallest absolute Gasteiger partial charge is 0.0459 e. The maximum absolute atomic E-state index is 6.30. The molecule has 2 aromatic carbocycles. The Kier molecular flexibility index (Phi) is 4.46. The molecule has 2 nitrogen and oxygen atoms in total. The molecule has 0 saturated heterocycles. The van der Waals surface area contributed by atoms with Gasteiger partial charge in [-0.25, -0.2) is 0 Å². The lowest BCUT2D eigenvalue weighted by Gasteiger charge is -2.25. The zero-order chi connectivity index (χ0) is 13.8. The summed E-state index contributed by atoms with van der Waals surface area (Å²) in [6.07, 6.45) is 0.783. The van der Waals surface area contributed by atoms with Crippen LogP contribution in [0.25, 0.3) is 0 Å². The normalized spacial score (nSPS) is 10.5. The van der Waals surface area contributed by atoms with Crippen LogP contribution >= 0.6 is 11.6 Å². The number of nitrogens with two attached hydrogens (primary N) is 1. The molecule has 3 heteroatoms. The molecule has 0 bridgehead atoms. The number of aryl methyl sites for hydroxylation is 1. The van der Waals surface area contributed by atoms with Crippen LogP contribution < -0.4 is 10.6 Å². The average molecular weight is 275 g/mol. The van der Waals surface area contributed by atoms with Crippen molar-refractivity contribution < 1.29 is 0 Å². The second kappa shape index (κ2) is 6.09. The van der Waals surface area contributed by atoms with Gasteiger partial charge in [-0.1, -0.05) is 35.9 Å². The Balaban J connectivity index is 2.47. The SMILES string of the molecule is Cc1ccccc1N(C)c1cccc(Cl)c1CCN. The average Bonchev–Trinajstić information content (AvgIpc) is 2.41. The van der Waals surface area contributed by atoms with Gasteiger partial charge in [0.25, 0.3) is 0 Å². The molecule has 0 amide bonds. The summed E-state index contributed by atoms with van der Waals surface area (Å²) >= 11 is 6.30. The Labute approximate surface area is 119 Å². The summed E-state index contributed by atoms with van der Waals surface area (Å²) in [5.41, 5.74) is 10.3. The van der Waals surface area contributed by atoms with E-state index in [1.807, 2.05) is 24.3 Å². The van der Waals surface area contributed by atoms with Crippen molar-refractivity contribution in [2.45, 2.75) is 13.3 Å². The number of benzene rings is 2. The summed E-state index contributed by atoms with van der Waals surface area (Å²) in [6.45, 7) is 2.71. The van der Waals surface area contributed by atoms with Gasteiger partial charge in [0.05, 0.1) is 0 Å². The number of nitrogens with zero attached hydrogens (tertiary/aromatic N) is 1. The molecule has 0 aliphatic rings. The van der Waals surface area contributed by atoms with Gasteiger partial charge in [-0.2, -0.15) is 0 Å². The van der Waals surface area contributed by atoms with E-state index in [1.54, 1.807) is 0 Å². The molecular weight excluding hydrogens is 256 g/mol. The monoisotopic (exact) mass is 274 g/mol. The summed E-state index contributed by atoms with van der Waals surface area (Å²) in [5.74, 6) is 0. The summed E-state index contributed by atoms with van der Waals surface area (Å²) in [4.78, 5) is 2.17. The lowest BCUT2D eigenvalue weighted by Crippen LogP contribution is -2.15. The molecule has 0 aliphatic carbocycles. The van der Waals surface area contributed by atoms with Gasteiger partial charge in [-0.15, -0.1) is 0 Å². The summed E-state index contributed by atoms with van der Waals surface area (Å²) in [5, 5.41) is 0.781. The Morgan fingerprint density at radius 2 is 1.74 bits per heavy atom. The fourth-order valence-electron chi connectivity index (χ4n) is 2.32. The molecular formula is C16H19ClN2. The molecule has 0 spiro atoms. The molecule has 0 aliphatic heterocycles. The van der Waals surface area contributed by atoms with Crippen LogP contribution in [-0.2, 0) is 6.42 Å². The maximum Gasteiger partial charge on any atom is 0.0459 e. The fraction of sp³-hybridized carbons (Fsp3) is 0.250. The largest absolute Gasteiger partial charge is 0.344 e.